The van der Waals surface area contributed by atoms with Crippen LogP contribution in [0.25, 0.3) is 10.7 Å². The van der Waals surface area contributed by atoms with E-state index in [1.54, 1.807) is 35.6 Å². The molecular formula is C18H19N3O3S2. The fourth-order valence-electron chi connectivity index (χ4n) is 2.26. The predicted octanol–water partition coefficient (Wildman–Crippen LogP) is 3.28. The lowest BCUT2D eigenvalue weighted by atomic mass is 10.1. The van der Waals surface area contributed by atoms with E-state index in [2.05, 4.69) is 10.2 Å². The van der Waals surface area contributed by atoms with E-state index in [-0.39, 0.29) is 12.4 Å². The van der Waals surface area contributed by atoms with E-state index >= 15 is 0 Å². The predicted molar refractivity (Wildman–Crippen MR) is 103 cm³/mol. The molecule has 2 heterocycles. The number of hydrogen-bond donors (Lipinski definition) is 1. The summed E-state index contributed by atoms with van der Waals surface area (Å²) in [5, 5.41) is 21.3. The van der Waals surface area contributed by atoms with Crippen LogP contribution < -0.4 is 4.74 Å². The van der Waals surface area contributed by atoms with Crippen molar-refractivity contribution >= 4 is 28.9 Å². The molecule has 0 radical (unpaired) electrons. The lowest BCUT2D eigenvalue weighted by Crippen LogP contribution is -2.20. The molecule has 3 aromatic rings. The number of ether oxygens (including phenoxy) is 1. The summed E-state index contributed by atoms with van der Waals surface area (Å²) >= 11 is 3.05. The van der Waals surface area contributed by atoms with Crippen LogP contribution >= 0.6 is 23.1 Å². The number of aliphatic hydroxyl groups is 1. The van der Waals surface area contributed by atoms with Crippen molar-refractivity contribution in [2.75, 3.05) is 12.4 Å². The molecule has 1 N–H and O–H groups in total. The number of carbonyl (C=O) groups is 1. The van der Waals surface area contributed by atoms with Crippen LogP contribution in [0.2, 0.25) is 0 Å². The molecule has 0 aliphatic heterocycles. The lowest BCUT2D eigenvalue weighted by molar-refractivity contribution is 0.101. The Labute approximate surface area is 159 Å². The number of carbonyl (C=O) groups excluding carboxylic acids is 1. The van der Waals surface area contributed by atoms with Gasteiger partial charge in [0, 0.05) is 18.4 Å². The molecule has 1 aromatic carbocycles. The van der Waals surface area contributed by atoms with Gasteiger partial charge in [0.1, 0.15) is 12.4 Å². The number of hydrogen-bond acceptors (Lipinski definition) is 7. The van der Waals surface area contributed by atoms with Gasteiger partial charge in [0.25, 0.3) is 0 Å². The van der Waals surface area contributed by atoms with Crippen LogP contribution in [0.4, 0.5) is 0 Å². The number of thioether (sulfide) groups is 1. The highest BCUT2D eigenvalue weighted by Crippen LogP contribution is 2.26. The second kappa shape index (κ2) is 8.48. The third kappa shape index (κ3) is 4.51. The maximum Gasteiger partial charge on any atom is 0.191 e. The topological polar surface area (TPSA) is 77.2 Å². The molecule has 1 unspecified atom stereocenters. The zero-order valence-corrected chi connectivity index (χ0v) is 16.1. The van der Waals surface area contributed by atoms with Crippen molar-refractivity contribution in [3.63, 3.8) is 0 Å². The van der Waals surface area contributed by atoms with Gasteiger partial charge in [-0.2, -0.15) is 0 Å². The summed E-state index contributed by atoms with van der Waals surface area (Å²) in [5.41, 5.74) is 0.636. The van der Waals surface area contributed by atoms with Gasteiger partial charge >= 0.3 is 0 Å². The molecular weight excluding hydrogens is 370 g/mol. The maximum absolute atomic E-state index is 11.3. The van der Waals surface area contributed by atoms with Gasteiger partial charge in [0.2, 0.25) is 0 Å². The highest BCUT2D eigenvalue weighted by Gasteiger charge is 2.14. The molecule has 6 nitrogen and oxygen atoms in total. The molecule has 26 heavy (non-hydrogen) atoms. The number of rotatable bonds is 8. The summed E-state index contributed by atoms with van der Waals surface area (Å²) in [7, 11) is 1.91. The summed E-state index contributed by atoms with van der Waals surface area (Å²) in [6, 6.07) is 10.9. The third-order valence-electron chi connectivity index (χ3n) is 3.68. The minimum Gasteiger partial charge on any atom is -0.491 e. The van der Waals surface area contributed by atoms with E-state index < -0.39 is 6.10 Å². The molecule has 0 amide bonds. The van der Waals surface area contributed by atoms with E-state index in [1.165, 1.54) is 18.7 Å². The molecule has 1 atom stereocenters. The molecule has 0 aliphatic rings. The largest absolute Gasteiger partial charge is 0.491 e. The molecule has 2 aromatic heterocycles. The SMILES string of the molecule is CC(=O)c1ccc(OCC(O)CSc2nnc(-c3cccs3)n2C)cc1. The number of ketones is 1. The number of Topliss-reactive ketones (excluding diaryl/α,β-unsaturated/α-hetero) is 1. The van der Waals surface area contributed by atoms with Crippen LogP contribution in [0.3, 0.4) is 0 Å². The number of thiophene rings is 1. The average molecular weight is 390 g/mol. The Morgan fingerprint density at radius 3 is 2.73 bits per heavy atom. The Kier molecular flexibility index (Phi) is 6.08. The van der Waals surface area contributed by atoms with Crippen molar-refractivity contribution in [3.05, 3.63) is 47.3 Å². The van der Waals surface area contributed by atoms with Crippen molar-refractivity contribution in [2.24, 2.45) is 7.05 Å². The van der Waals surface area contributed by atoms with Crippen LogP contribution in [0.1, 0.15) is 17.3 Å². The fraction of sp³-hybridized carbons (Fsp3) is 0.278. The first-order valence-electron chi connectivity index (χ1n) is 8.02. The minimum absolute atomic E-state index is 0.0126. The minimum atomic E-state index is -0.644. The van der Waals surface area contributed by atoms with Crippen LogP contribution in [0, 0.1) is 0 Å². The molecule has 0 saturated carbocycles. The van der Waals surface area contributed by atoms with Crippen LogP contribution in [-0.4, -0.2) is 44.1 Å². The van der Waals surface area contributed by atoms with Crippen molar-refractivity contribution in [2.45, 2.75) is 18.2 Å². The first kappa shape index (κ1) is 18.6. The molecule has 3 rings (SSSR count). The molecule has 0 fully saturated rings. The van der Waals surface area contributed by atoms with Crippen molar-refractivity contribution in [1.29, 1.82) is 0 Å². The quantitative estimate of drug-likeness (QED) is 0.471. The van der Waals surface area contributed by atoms with E-state index in [0.29, 0.717) is 17.1 Å². The average Bonchev–Trinajstić information content (AvgIpc) is 3.28. The molecule has 136 valence electrons. The molecule has 0 saturated heterocycles. The zero-order chi connectivity index (χ0) is 18.5. The van der Waals surface area contributed by atoms with Gasteiger partial charge in [0.05, 0.1) is 11.0 Å². The van der Waals surface area contributed by atoms with Crippen molar-refractivity contribution in [3.8, 4) is 16.5 Å². The molecule has 0 spiro atoms. The lowest BCUT2D eigenvalue weighted by Gasteiger charge is -2.12. The smallest absolute Gasteiger partial charge is 0.191 e. The summed E-state index contributed by atoms with van der Waals surface area (Å²) in [6.45, 7) is 1.69. The van der Waals surface area contributed by atoms with Crippen LogP contribution in [0.15, 0.2) is 46.9 Å². The highest BCUT2D eigenvalue weighted by atomic mass is 32.2. The Morgan fingerprint density at radius 1 is 1.31 bits per heavy atom. The summed E-state index contributed by atoms with van der Waals surface area (Å²) < 4.78 is 7.49. The summed E-state index contributed by atoms with van der Waals surface area (Å²) in [4.78, 5) is 12.3. The van der Waals surface area contributed by atoms with Gasteiger partial charge in [-0.1, -0.05) is 17.8 Å². The highest BCUT2D eigenvalue weighted by molar-refractivity contribution is 7.99. The normalized spacial score (nSPS) is 12.1. The van der Waals surface area contributed by atoms with E-state index in [4.69, 9.17) is 4.74 Å². The number of nitrogens with zero attached hydrogens (tertiary/aromatic N) is 3. The van der Waals surface area contributed by atoms with Gasteiger partial charge < -0.3 is 14.4 Å². The van der Waals surface area contributed by atoms with Gasteiger partial charge in [-0.3, -0.25) is 4.79 Å². The Morgan fingerprint density at radius 2 is 2.08 bits per heavy atom. The summed E-state index contributed by atoms with van der Waals surface area (Å²) in [5.74, 6) is 1.90. The van der Waals surface area contributed by atoms with Crippen molar-refractivity contribution in [1.82, 2.24) is 14.8 Å². The number of aromatic nitrogens is 3. The Bertz CT molecular complexity index is 860. The first-order chi connectivity index (χ1) is 12.5. The molecule has 0 aliphatic carbocycles. The Hall–Kier alpha value is -2.16. The monoisotopic (exact) mass is 389 g/mol. The van der Waals surface area contributed by atoms with E-state index in [1.807, 2.05) is 29.1 Å². The third-order valence-corrected chi connectivity index (χ3v) is 5.72. The second-order valence-electron chi connectivity index (χ2n) is 5.70. The van der Waals surface area contributed by atoms with Crippen LogP contribution in [-0.2, 0) is 7.05 Å². The zero-order valence-electron chi connectivity index (χ0n) is 14.5. The van der Waals surface area contributed by atoms with Crippen LogP contribution in [0.5, 0.6) is 5.75 Å². The molecule has 8 heteroatoms. The summed E-state index contributed by atoms with van der Waals surface area (Å²) in [6.07, 6.45) is -0.644. The number of benzene rings is 1. The first-order valence-corrected chi connectivity index (χ1v) is 9.89. The fourth-order valence-corrected chi connectivity index (χ4v) is 3.82. The Balaban J connectivity index is 1.50. The van der Waals surface area contributed by atoms with Gasteiger partial charge in [-0.15, -0.1) is 21.5 Å². The standard InChI is InChI=1S/C18H19N3O3S2/c1-12(22)13-5-7-15(8-6-13)24-10-14(23)11-26-18-20-19-17(21(18)2)16-4-3-9-25-16/h3-9,14,23H,10-11H2,1-2H3. The molecule has 0 bridgehead atoms. The van der Waals surface area contributed by atoms with Gasteiger partial charge in [0.15, 0.2) is 16.8 Å². The van der Waals surface area contributed by atoms with E-state index in [9.17, 15) is 9.90 Å². The second-order valence-corrected chi connectivity index (χ2v) is 7.63. The van der Waals surface area contributed by atoms with Gasteiger partial charge in [-0.05, 0) is 42.6 Å². The van der Waals surface area contributed by atoms with Gasteiger partial charge in [-0.25, -0.2) is 0 Å². The number of aliphatic hydroxyl groups excluding tert-OH is 1. The van der Waals surface area contributed by atoms with Crippen molar-refractivity contribution < 1.29 is 14.6 Å². The maximum atomic E-state index is 11.3. The van der Waals surface area contributed by atoms with E-state index in [0.717, 1.165) is 15.9 Å².